The molecule has 410 valence electrons. The monoisotopic (exact) mass is 1040 g/mol. The Morgan fingerprint density at radius 2 is 1.58 bits per heavy atom. The van der Waals surface area contributed by atoms with E-state index in [0.717, 1.165) is 5.57 Å². The number of esters is 1. The maximum absolute atomic E-state index is 15.0. The van der Waals surface area contributed by atoms with Crippen molar-refractivity contribution in [2.45, 2.75) is 212 Å². The number of aliphatic hydroxyl groups is 2. The van der Waals surface area contributed by atoms with Crippen molar-refractivity contribution in [3.8, 4) is 0 Å². The third-order valence-electron chi connectivity index (χ3n) is 16.9. The summed E-state index contributed by atoms with van der Waals surface area (Å²) in [6.07, 6.45) is 3.88. The molecule has 2 amide bonds. The minimum Gasteiger partial charge on any atom is -0.456 e. The summed E-state index contributed by atoms with van der Waals surface area (Å²) >= 11 is 0. The number of para-hydroxylation sites is 1. The number of fused-ring (bicyclic) bond motifs is 3. The minimum absolute atomic E-state index is 0.0118. The quantitative estimate of drug-likeness (QED) is 0.0824. The van der Waals surface area contributed by atoms with Gasteiger partial charge < -0.3 is 48.5 Å². The van der Waals surface area contributed by atoms with Crippen LogP contribution in [0.5, 0.6) is 0 Å². The second kappa shape index (κ2) is 25.5. The minimum atomic E-state index is -2.60. The van der Waals surface area contributed by atoms with E-state index in [-0.39, 0.29) is 67.2 Å². The highest BCUT2D eigenvalue weighted by Crippen LogP contribution is 2.43. The fourth-order valence-corrected chi connectivity index (χ4v) is 12.8. The molecule has 73 heavy (non-hydrogen) atoms. The zero-order valence-electron chi connectivity index (χ0n) is 46.5. The Kier molecular flexibility index (Phi) is 21.0. The number of Topliss-reactive ketones (excluding diaryl/α,β-unsaturated/α-hetero) is 2. The lowest BCUT2D eigenvalue weighted by molar-refractivity contribution is -0.302. The number of benzene rings is 1. The zero-order chi connectivity index (χ0) is 54.2. The summed E-state index contributed by atoms with van der Waals surface area (Å²) in [6, 6.07) is 7.91. The van der Waals surface area contributed by atoms with Crippen LogP contribution in [0.3, 0.4) is 0 Å². The molecular formula is C57H90N2O13Si. The van der Waals surface area contributed by atoms with Crippen molar-refractivity contribution >= 4 is 43.4 Å². The summed E-state index contributed by atoms with van der Waals surface area (Å²) < 4.78 is 38.1. The molecule has 0 spiro atoms. The van der Waals surface area contributed by atoms with Gasteiger partial charge in [0.25, 0.3) is 11.7 Å². The number of anilines is 1. The summed E-state index contributed by atoms with van der Waals surface area (Å²) in [5.41, 5.74) is 0.902. The third-order valence-corrected chi connectivity index (χ3v) is 21.4. The molecule has 14 unspecified atom stereocenters. The molecule has 5 rings (SSSR count). The number of ketones is 2. The van der Waals surface area contributed by atoms with Crippen LogP contribution in [0.25, 0.3) is 0 Å². The molecule has 3 heterocycles. The molecule has 1 aliphatic carbocycles. The largest absolute Gasteiger partial charge is 0.456 e. The number of hydrogen-bond acceptors (Lipinski definition) is 13. The number of carbonyl (C=O) groups excluding carboxylic acids is 5. The summed E-state index contributed by atoms with van der Waals surface area (Å²) in [7, 11) is 2.02. The van der Waals surface area contributed by atoms with Crippen LogP contribution >= 0.6 is 0 Å². The number of nitrogens with zero attached hydrogens (tertiary/aromatic N) is 1. The Morgan fingerprint density at radius 3 is 2.19 bits per heavy atom. The highest BCUT2D eigenvalue weighted by Gasteiger charge is 2.57. The van der Waals surface area contributed by atoms with Gasteiger partial charge in [0, 0.05) is 57.7 Å². The molecule has 3 aliphatic heterocycles. The smallest absolute Gasteiger partial charge is 0.329 e. The molecule has 3 N–H and O–H groups in total. The van der Waals surface area contributed by atoms with Crippen LogP contribution in [0, 0.1) is 29.6 Å². The van der Waals surface area contributed by atoms with E-state index in [0.29, 0.717) is 56.2 Å². The van der Waals surface area contributed by atoms with Crippen LogP contribution in [0.1, 0.15) is 139 Å². The van der Waals surface area contributed by atoms with Gasteiger partial charge in [0.15, 0.2) is 8.32 Å². The average molecular weight is 1040 g/mol. The second-order valence-corrected chi connectivity index (χ2v) is 28.3. The normalized spacial score (nSPS) is 36.0. The molecule has 16 heteroatoms. The van der Waals surface area contributed by atoms with Crippen molar-refractivity contribution in [1.82, 2.24) is 4.90 Å². The summed E-state index contributed by atoms with van der Waals surface area (Å²) in [5.74, 6) is -7.76. The molecule has 0 radical (unpaired) electrons. The number of nitrogens with one attached hydrogen (secondary N) is 1. The highest BCUT2D eigenvalue weighted by atomic mass is 28.4. The standard InChI is InChI=1S/C57H90N2O13Si/c1-15-41-28-35(2)27-36(3)29-46(67-10)51-47(68-11)31-38(5)57(66,71-51)52(62)53(63)59-26-20-19-23-43(59)54(64)70-50(39(6)45(33-44(41)60)72-73(13,14)55(7,8)9)37(4)30-40-24-25-56(65,48(32-40)69-12)34-49(61)58-42-21-17-16-18-22-42/h16-18,21-22,28,30,36,38-41,43,45-48,50-51,65-66H,15,19-20,23-27,29,31-34H2,1-14H3,(H,58,61)/b35-28+,37-30?. The van der Waals surface area contributed by atoms with Gasteiger partial charge in [0.1, 0.15) is 24.0 Å². The number of amides is 2. The van der Waals surface area contributed by atoms with Crippen LogP contribution in [0.2, 0.25) is 18.1 Å². The van der Waals surface area contributed by atoms with Gasteiger partial charge >= 0.3 is 5.97 Å². The maximum Gasteiger partial charge on any atom is 0.329 e. The van der Waals surface area contributed by atoms with Gasteiger partial charge in [-0.05, 0) is 126 Å². The Balaban J connectivity index is 1.59. The fourth-order valence-electron chi connectivity index (χ4n) is 11.4. The first-order chi connectivity index (χ1) is 34.2. The number of carbonyl (C=O) groups is 5. The Labute approximate surface area is 437 Å². The Morgan fingerprint density at radius 1 is 0.918 bits per heavy atom. The first kappa shape index (κ1) is 60.3. The van der Waals surface area contributed by atoms with Gasteiger partial charge in [-0.3, -0.25) is 19.2 Å². The number of hydrogen-bond donors (Lipinski definition) is 3. The summed E-state index contributed by atoms with van der Waals surface area (Å²) in [5, 5.41) is 26.9. The van der Waals surface area contributed by atoms with Gasteiger partial charge in [0.05, 0.1) is 36.4 Å². The van der Waals surface area contributed by atoms with Crippen molar-refractivity contribution < 1.29 is 62.3 Å². The summed E-state index contributed by atoms with van der Waals surface area (Å²) in [4.78, 5) is 73.5. The van der Waals surface area contributed by atoms with Gasteiger partial charge in [-0.25, -0.2) is 4.79 Å². The molecule has 3 fully saturated rings. The number of ether oxygens (including phenoxy) is 5. The Hall–Kier alpha value is -3.61. The van der Waals surface area contributed by atoms with Gasteiger partial charge in [0.2, 0.25) is 11.7 Å². The van der Waals surface area contributed by atoms with Crippen molar-refractivity contribution in [3.63, 3.8) is 0 Å². The van der Waals surface area contributed by atoms with Crippen molar-refractivity contribution in [1.29, 1.82) is 0 Å². The maximum atomic E-state index is 15.0. The van der Waals surface area contributed by atoms with Crippen molar-refractivity contribution in [2.75, 3.05) is 33.2 Å². The van der Waals surface area contributed by atoms with Gasteiger partial charge in [-0.1, -0.05) is 84.4 Å². The highest BCUT2D eigenvalue weighted by molar-refractivity contribution is 6.74. The number of piperidine rings is 1. The van der Waals surface area contributed by atoms with Crippen LogP contribution < -0.4 is 5.32 Å². The number of methoxy groups -OCH3 is 3. The van der Waals surface area contributed by atoms with E-state index in [1.165, 1.54) is 12.0 Å². The topological polar surface area (TPSA) is 196 Å². The van der Waals surface area contributed by atoms with Crippen LogP contribution in [0.15, 0.2) is 53.6 Å². The molecule has 2 saturated heterocycles. The third kappa shape index (κ3) is 14.7. The van der Waals surface area contributed by atoms with Crippen molar-refractivity contribution in [3.05, 3.63) is 53.6 Å². The molecule has 14 atom stereocenters. The molecule has 1 aromatic rings. The molecule has 0 aromatic heterocycles. The predicted octanol–water partition coefficient (Wildman–Crippen LogP) is 8.90. The van der Waals surface area contributed by atoms with E-state index >= 15 is 4.79 Å². The first-order valence-electron chi connectivity index (χ1n) is 26.9. The molecular weight excluding hydrogens is 949 g/mol. The molecule has 15 nitrogen and oxygen atoms in total. The van der Waals surface area contributed by atoms with Crippen molar-refractivity contribution in [2.24, 2.45) is 29.6 Å². The first-order valence-corrected chi connectivity index (χ1v) is 29.8. The number of rotatable bonds is 11. The van der Waals surface area contributed by atoms with Crippen LogP contribution in [0.4, 0.5) is 5.69 Å². The van der Waals surface area contributed by atoms with Gasteiger partial charge in [-0.2, -0.15) is 0 Å². The van der Waals surface area contributed by atoms with E-state index < -0.39 is 97.8 Å². The van der Waals surface area contributed by atoms with E-state index in [2.05, 4.69) is 52.2 Å². The lowest BCUT2D eigenvalue weighted by Crippen LogP contribution is -2.64. The summed E-state index contributed by atoms with van der Waals surface area (Å²) in [6.45, 7) is 22.4. The lowest BCUT2D eigenvalue weighted by Gasteiger charge is -2.47. The Bertz CT molecular complexity index is 2120. The van der Waals surface area contributed by atoms with Crippen LogP contribution in [-0.2, 0) is 52.1 Å². The van der Waals surface area contributed by atoms with Crippen LogP contribution in [-0.4, -0.2) is 135 Å². The van der Waals surface area contributed by atoms with Gasteiger partial charge in [-0.15, -0.1) is 0 Å². The fraction of sp³-hybridized carbons (Fsp3) is 0.737. The predicted molar refractivity (Wildman–Crippen MR) is 283 cm³/mol. The second-order valence-electron chi connectivity index (χ2n) is 23.5. The zero-order valence-corrected chi connectivity index (χ0v) is 47.5. The average Bonchev–Trinajstić information content (AvgIpc) is 3.33. The van der Waals surface area contributed by atoms with E-state index in [4.69, 9.17) is 28.1 Å². The molecule has 2 bridgehead atoms. The molecule has 1 aromatic carbocycles. The lowest BCUT2D eigenvalue weighted by atomic mass is 9.73. The van der Waals surface area contributed by atoms with E-state index in [1.807, 2.05) is 52.0 Å². The molecule has 1 saturated carbocycles. The van der Waals surface area contributed by atoms with E-state index in [9.17, 15) is 29.4 Å². The van der Waals surface area contributed by atoms with E-state index in [1.54, 1.807) is 33.3 Å². The number of allylic oxidation sites excluding steroid dienone is 3. The SMILES string of the molecule is CCC1/C=C(\C)CC(C)CC(OC)C2OC(O)(C(=O)C(=O)N3CCCCC3C(=O)OC(C(C)=CC3CCC(O)(CC(=O)Nc4ccccc4)C(OC)C3)C(C)C(O[Si](C)(C)C(C)(C)C)CC1=O)C(C)CC2OC. The molecule has 4 aliphatic rings. The number of cyclic esters (lactones) is 1.